The van der Waals surface area contributed by atoms with Crippen LogP contribution < -0.4 is 5.73 Å². The van der Waals surface area contributed by atoms with Crippen molar-refractivity contribution in [3.8, 4) is 0 Å². The highest BCUT2D eigenvalue weighted by Crippen LogP contribution is 2.22. The molecule has 2 aromatic heterocycles. The molecule has 7 heteroatoms. The number of aromatic nitrogens is 4. The maximum atomic E-state index is 11.5. The Morgan fingerprint density at radius 2 is 2.39 bits per heavy atom. The van der Waals surface area contributed by atoms with Crippen LogP contribution in [-0.2, 0) is 11.2 Å². The van der Waals surface area contributed by atoms with Crippen LogP contribution in [0.1, 0.15) is 30.3 Å². The number of H-pyrrole nitrogens is 1. The molecule has 1 fully saturated rings. The van der Waals surface area contributed by atoms with Crippen molar-refractivity contribution < 1.29 is 4.79 Å². The molecule has 1 aliphatic heterocycles. The minimum absolute atomic E-state index is 0.0472. The highest BCUT2D eigenvalue weighted by molar-refractivity contribution is 5.76. The zero-order valence-corrected chi connectivity index (χ0v) is 13.1. The van der Waals surface area contributed by atoms with Crippen molar-refractivity contribution in [1.82, 2.24) is 25.1 Å². The first kappa shape index (κ1) is 15.6. The van der Waals surface area contributed by atoms with Gasteiger partial charge in [-0.25, -0.2) is 0 Å². The first-order valence-electron chi connectivity index (χ1n) is 8.00. The van der Waals surface area contributed by atoms with Gasteiger partial charge in [-0.1, -0.05) is 6.07 Å². The molecular weight excluding hydrogens is 292 g/mol. The zero-order valence-electron chi connectivity index (χ0n) is 13.1. The Morgan fingerprint density at radius 1 is 1.48 bits per heavy atom. The van der Waals surface area contributed by atoms with E-state index in [1.54, 1.807) is 12.5 Å². The lowest BCUT2D eigenvalue weighted by atomic mass is 9.95. The minimum atomic E-state index is -0.198. The second-order valence-electron chi connectivity index (χ2n) is 6.10. The van der Waals surface area contributed by atoms with Crippen LogP contribution in [0.15, 0.2) is 30.7 Å². The maximum absolute atomic E-state index is 11.5. The van der Waals surface area contributed by atoms with E-state index in [1.165, 1.54) is 0 Å². The van der Waals surface area contributed by atoms with Crippen molar-refractivity contribution >= 4 is 5.91 Å². The summed E-state index contributed by atoms with van der Waals surface area (Å²) < 4.78 is 0. The fourth-order valence-corrected chi connectivity index (χ4v) is 3.20. The van der Waals surface area contributed by atoms with Crippen molar-refractivity contribution in [3.05, 3.63) is 42.2 Å². The second-order valence-corrected chi connectivity index (χ2v) is 6.10. The SMILES string of the molecule is NC(=O)C1CCCN(CC(Cc2ccccn2)c2nnc[nH]2)C1. The number of pyridine rings is 1. The number of nitrogens with one attached hydrogen (secondary N) is 1. The van der Waals surface area contributed by atoms with Crippen LogP contribution in [0.3, 0.4) is 0 Å². The van der Waals surface area contributed by atoms with Gasteiger partial charge in [0.2, 0.25) is 5.91 Å². The van der Waals surface area contributed by atoms with Crippen LogP contribution in [-0.4, -0.2) is 50.6 Å². The zero-order chi connectivity index (χ0) is 16.1. The molecule has 2 aromatic rings. The molecule has 0 spiro atoms. The Morgan fingerprint density at radius 3 is 3.09 bits per heavy atom. The van der Waals surface area contributed by atoms with E-state index in [2.05, 4.69) is 25.1 Å². The van der Waals surface area contributed by atoms with Crippen LogP contribution in [0.2, 0.25) is 0 Å². The van der Waals surface area contributed by atoms with E-state index in [9.17, 15) is 4.79 Å². The molecule has 3 heterocycles. The van der Waals surface area contributed by atoms with E-state index in [1.807, 2.05) is 18.2 Å². The Hall–Kier alpha value is -2.28. The van der Waals surface area contributed by atoms with Gasteiger partial charge in [0.25, 0.3) is 0 Å². The van der Waals surface area contributed by atoms with Gasteiger partial charge in [-0.05, 0) is 31.5 Å². The average molecular weight is 314 g/mol. The number of nitrogens with two attached hydrogens (primary N) is 1. The highest BCUT2D eigenvalue weighted by Gasteiger charge is 2.27. The van der Waals surface area contributed by atoms with Gasteiger partial charge >= 0.3 is 0 Å². The third kappa shape index (κ3) is 4.13. The van der Waals surface area contributed by atoms with E-state index in [0.717, 1.165) is 50.4 Å². The van der Waals surface area contributed by atoms with Crippen molar-refractivity contribution in [1.29, 1.82) is 0 Å². The number of hydrogen-bond acceptors (Lipinski definition) is 5. The molecule has 3 N–H and O–H groups in total. The molecule has 1 saturated heterocycles. The number of nitrogens with zero attached hydrogens (tertiary/aromatic N) is 4. The second kappa shape index (κ2) is 7.32. The third-order valence-electron chi connectivity index (χ3n) is 4.39. The lowest BCUT2D eigenvalue weighted by Gasteiger charge is -2.33. The Balaban J connectivity index is 1.70. The fourth-order valence-electron chi connectivity index (χ4n) is 3.20. The van der Waals surface area contributed by atoms with Gasteiger partial charge in [0.15, 0.2) is 0 Å². The molecule has 2 atom stereocenters. The minimum Gasteiger partial charge on any atom is -0.369 e. The highest BCUT2D eigenvalue weighted by atomic mass is 16.1. The van der Waals surface area contributed by atoms with Gasteiger partial charge in [-0.15, -0.1) is 10.2 Å². The van der Waals surface area contributed by atoms with E-state index in [-0.39, 0.29) is 17.7 Å². The number of hydrogen-bond donors (Lipinski definition) is 2. The predicted molar refractivity (Wildman–Crippen MR) is 85.4 cm³/mol. The van der Waals surface area contributed by atoms with Crippen molar-refractivity contribution in [2.24, 2.45) is 11.7 Å². The fraction of sp³-hybridized carbons (Fsp3) is 0.500. The van der Waals surface area contributed by atoms with Crippen molar-refractivity contribution in [2.45, 2.75) is 25.2 Å². The molecule has 0 aromatic carbocycles. The molecule has 122 valence electrons. The Bertz CT molecular complexity index is 615. The van der Waals surface area contributed by atoms with Gasteiger partial charge in [0, 0.05) is 37.3 Å². The predicted octanol–water partition coefficient (Wildman–Crippen LogP) is 0.723. The summed E-state index contributed by atoms with van der Waals surface area (Å²) >= 11 is 0. The number of piperidine rings is 1. The Labute approximate surface area is 135 Å². The number of amides is 1. The number of aromatic amines is 1. The quantitative estimate of drug-likeness (QED) is 0.818. The summed E-state index contributed by atoms with van der Waals surface area (Å²) in [5, 5.41) is 8.08. The van der Waals surface area contributed by atoms with Gasteiger partial charge < -0.3 is 15.6 Å². The maximum Gasteiger partial charge on any atom is 0.221 e. The molecule has 1 aliphatic rings. The van der Waals surface area contributed by atoms with Crippen molar-refractivity contribution in [3.63, 3.8) is 0 Å². The summed E-state index contributed by atoms with van der Waals surface area (Å²) in [6.45, 7) is 2.52. The first-order valence-corrected chi connectivity index (χ1v) is 8.00. The van der Waals surface area contributed by atoms with Crippen LogP contribution in [0, 0.1) is 5.92 Å². The molecule has 7 nitrogen and oxygen atoms in total. The van der Waals surface area contributed by atoms with Crippen molar-refractivity contribution in [2.75, 3.05) is 19.6 Å². The molecule has 23 heavy (non-hydrogen) atoms. The van der Waals surface area contributed by atoms with Crippen LogP contribution in [0.5, 0.6) is 0 Å². The van der Waals surface area contributed by atoms with E-state index in [4.69, 9.17) is 5.73 Å². The summed E-state index contributed by atoms with van der Waals surface area (Å²) in [6.07, 6.45) is 6.08. The van der Waals surface area contributed by atoms with Gasteiger partial charge in [-0.3, -0.25) is 9.78 Å². The summed E-state index contributed by atoms with van der Waals surface area (Å²) in [7, 11) is 0. The molecule has 3 rings (SSSR count). The third-order valence-corrected chi connectivity index (χ3v) is 4.39. The van der Waals surface area contributed by atoms with Crippen LogP contribution in [0.4, 0.5) is 0 Å². The molecule has 2 unspecified atom stereocenters. The van der Waals surface area contributed by atoms with Gasteiger partial charge in [0.05, 0.1) is 5.92 Å². The van der Waals surface area contributed by atoms with Crippen LogP contribution in [0.25, 0.3) is 0 Å². The molecule has 1 amide bonds. The lowest BCUT2D eigenvalue weighted by molar-refractivity contribution is -0.123. The number of rotatable bonds is 6. The molecule has 0 radical (unpaired) electrons. The number of carbonyl (C=O) groups is 1. The topological polar surface area (TPSA) is 101 Å². The number of primary amides is 1. The average Bonchev–Trinajstić information content (AvgIpc) is 3.10. The first-order chi connectivity index (χ1) is 11.2. The standard InChI is InChI=1S/C16H22N6O/c17-15(23)12-4-3-7-22(9-12)10-13(16-19-11-20-21-16)8-14-5-1-2-6-18-14/h1-2,5-6,11-13H,3-4,7-10H2,(H2,17,23)(H,19,20,21). The smallest absolute Gasteiger partial charge is 0.221 e. The summed E-state index contributed by atoms with van der Waals surface area (Å²) in [5.41, 5.74) is 6.50. The normalized spacial score (nSPS) is 20.3. The lowest BCUT2D eigenvalue weighted by Crippen LogP contribution is -2.43. The van der Waals surface area contributed by atoms with Crippen LogP contribution >= 0.6 is 0 Å². The van der Waals surface area contributed by atoms with E-state index >= 15 is 0 Å². The molecule has 0 saturated carbocycles. The molecule has 0 bridgehead atoms. The summed E-state index contributed by atoms with van der Waals surface area (Å²) in [6, 6.07) is 5.92. The largest absolute Gasteiger partial charge is 0.369 e. The van der Waals surface area contributed by atoms with E-state index < -0.39 is 0 Å². The van der Waals surface area contributed by atoms with Gasteiger partial charge in [-0.2, -0.15) is 0 Å². The monoisotopic (exact) mass is 314 g/mol. The summed E-state index contributed by atoms with van der Waals surface area (Å²) in [5.74, 6) is 0.778. The number of carbonyl (C=O) groups excluding carboxylic acids is 1. The molecular formula is C16H22N6O. The number of likely N-dealkylation sites (tertiary alicyclic amines) is 1. The van der Waals surface area contributed by atoms with Gasteiger partial charge in [0.1, 0.15) is 12.2 Å². The summed E-state index contributed by atoms with van der Waals surface area (Å²) in [4.78, 5) is 21.3. The Kier molecular flexibility index (Phi) is 4.97. The molecule has 0 aliphatic carbocycles. The van der Waals surface area contributed by atoms with E-state index in [0.29, 0.717) is 0 Å².